The SMILES string of the molecule is CCO/C=C/C(=O)Nc1[nH]n(-c2c(Cl)cccc2Cl)c(=O)c1C. The van der Waals surface area contributed by atoms with E-state index in [4.69, 9.17) is 27.9 Å². The van der Waals surface area contributed by atoms with E-state index in [1.54, 1.807) is 32.0 Å². The Bertz CT molecular complexity index is 789. The third kappa shape index (κ3) is 3.78. The normalized spacial score (nSPS) is 11.0. The number of hydrogen-bond donors (Lipinski definition) is 2. The van der Waals surface area contributed by atoms with E-state index in [9.17, 15) is 9.59 Å². The molecule has 0 aliphatic heterocycles. The first-order valence-corrected chi connectivity index (χ1v) is 7.56. The number of aromatic amines is 1. The lowest BCUT2D eigenvalue weighted by Crippen LogP contribution is -2.16. The van der Waals surface area contributed by atoms with E-state index >= 15 is 0 Å². The monoisotopic (exact) mass is 355 g/mol. The van der Waals surface area contributed by atoms with Crippen LogP contribution in [0.4, 0.5) is 5.82 Å². The van der Waals surface area contributed by atoms with E-state index in [2.05, 4.69) is 10.4 Å². The van der Waals surface area contributed by atoms with Gasteiger partial charge in [0.05, 0.1) is 28.5 Å². The minimum atomic E-state index is -0.430. The van der Waals surface area contributed by atoms with E-state index in [0.717, 1.165) is 0 Å². The molecule has 2 aromatic rings. The highest BCUT2D eigenvalue weighted by atomic mass is 35.5. The summed E-state index contributed by atoms with van der Waals surface area (Å²) in [6, 6.07) is 4.92. The van der Waals surface area contributed by atoms with Crippen LogP contribution in [-0.4, -0.2) is 22.3 Å². The van der Waals surface area contributed by atoms with Crippen LogP contribution in [0.15, 0.2) is 35.3 Å². The molecule has 0 unspecified atom stereocenters. The molecule has 0 spiro atoms. The number of ether oxygens (including phenoxy) is 1. The van der Waals surface area contributed by atoms with Gasteiger partial charge in [-0.05, 0) is 26.0 Å². The average Bonchev–Trinajstić information content (AvgIpc) is 2.76. The first-order chi connectivity index (χ1) is 11.0. The molecular formula is C15H15Cl2N3O3. The number of H-pyrrole nitrogens is 1. The number of hydrogen-bond acceptors (Lipinski definition) is 3. The molecule has 0 saturated carbocycles. The number of aromatic nitrogens is 2. The second kappa shape index (κ2) is 7.39. The number of benzene rings is 1. The Hall–Kier alpha value is -2.18. The summed E-state index contributed by atoms with van der Waals surface area (Å²) in [5.41, 5.74) is 0.303. The fraction of sp³-hybridized carbons (Fsp3) is 0.200. The molecular weight excluding hydrogens is 341 g/mol. The smallest absolute Gasteiger partial charge is 0.276 e. The van der Waals surface area contributed by atoms with Crippen molar-refractivity contribution >= 4 is 34.9 Å². The zero-order valence-corrected chi connectivity index (χ0v) is 14.0. The van der Waals surface area contributed by atoms with Crippen molar-refractivity contribution in [2.45, 2.75) is 13.8 Å². The molecule has 0 fully saturated rings. The summed E-state index contributed by atoms with van der Waals surface area (Å²) in [6.07, 6.45) is 2.51. The van der Waals surface area contributed by atoms with Gasteiger partial charge in [0.25, 0.3) is 11.5 Å². The van der Waals surface area contributed by atoms with E-state index in [1.807, 2.05) is 0 Å². The summed E-state index contributed by atoms with van der Waals surface area (Å²) < 4.78 is 6.14. The fourth-order valence-corrected chi connectivity index (χ4v) is 2.44. The lowest BCUT2D eigenvalue weighted by atomic mass is 10.3. The molecule has 8 heteroatoms. The Balaban J connectivity index is 2.36. The molecule has 0 bridgehead atoms. The summed E-state index contributed by atoms with van der Waals surface area (Å²) in [5.74, 6) is -0.169. The van der Waals surface area contributed by atoms with Crippen LogP contribution in [0.25, 0.3) is 5.69 Å². The first kappa shape index (κ1) is 17.2. The third-order valence-corrected chi connectivity index (χ3v) is 3.62. The highest BCUT2D eigenvalue weighted by Crippen LogP contribution is 2.27. The van der Waals surface area contributed by atoms with Gasteiger partial charge in [0.2, 0.25) is 0 Å². The molecule has 2 rings (SSSR count). The second-order valence-electron chi connectivity index (χ2n) is 4.57. The summed E-state index contributed by atoms with van der Waals surface area (Å²) in [5, 5.41) is 6.00. The number of para-hydroxylation sites is 1. The maximum atomic E-state index is 12.4. The largest absolute Gasteiger partial charge is 0.501 e. The Morgan fingerprint density at radius 1 is 1.39 bits per heavy atom. The summed E-state index contributed by atoms with van der Waals surface area (Å²) in [6.45, 7) is 3.85. The van der Waals surface area contributed by atoms with Crippen molar-refractivity contribution in [3.63, 3.8) is 0 Å². The van der Waals surface area contributed by atoms with E-state index < -0.39 is 5.91 Å². The maximum Gasteiger partial charge on any atom is 0.276 e. The highest BCUT2D eigenvalue weighted by Gasteiger charge is 2.16. The molecule has 0 atom stereocenters. The topological polar surface area (TPSA) is 76.1 Å². The summed E-state index contributed by atoms with van der Waals surface area (Å²) >= 11 is 12.2. The Kier molecular flexibility index (Phi) is 5.52. The molecule has 0 aliphatic carbocycles. The van der Waals surface area contributed by atoms with Gasteiger partial charge in [0.1, 0.15) is 11.5 Å². The van der Waals surface area contributed by atoms with Crippen molar-refractivity contribution in [1.29, 1.82) is 0 Å². The van der Waals surface area contributed by atoms with Crippen LogP contribution in [0.5, 0.6) is 0 Å². The highest BCUT2D eigenvalue weighted by molar-refractivity contribution is 6.37. The molecule has 23 heavy (non-hydrogen) atoms. The number of nitrogens with one attached hydrogen (secondary N) is 2. The standard InChI is InChI=1S/C15H15Cl2N3O3/c1-3-23-8-7-12(21)18-14-9(2)15(22)20(19-14)13-10(16)5-4-6-11(13)17/h4-8,19H,3H2,1-2H3,(H,18,21)/b8-7+. The molecule has 1 heterocycles. The molecule has 1 aromatic carbocycles. The quantitative estimate of drug-likeness (QED) is 0.638. The Morgan fingerprint density at radius 3 is 2.65 bits per heavy atom. The van der Waals surface area contributed by atoms with Crippen molar-refractivity contribution in [3.05, 3.63) is 56.5 Å². The van der Waals surface area contributed by atoms with Gasteiger partial charge in [-0.2, -0.15) is 0 Å². The van der Waals surface area contributed by atoms with Gasteiger partial charge in [0, 0.05) is 6.08 Å². The van der Waals surface area contributed by atoms with Crippen LogP contribution >= 0.6 is 23.2 Å². The molecule has 1 amide bonds. The minimum Gasteiger partial charge on any atom is -0.501 e. The fourth-order valence-electron chi connectivity index (χ4n) is 1.87. The maximum absolute atomic E-state index is 12.4. The van der Waals surface area contributed by atoms with Crippen LogP contribution in [-0.2, 0) is 9.53 Å². The molecule has 1 aromatic heterocycles. The number of amides is 1. The van der Waals surface area contributed by atoms with E-state index in [0.29, 0.717) is 27.9 Å². The van der Waals surface area contributed by atoms with E-state index in [1.165, 1.54) is 17.0 Å². The van der Waals surface area contributed by atoms with Gasteiger partial charge >= 0.3 is 0 Å². The van der Waals surface area contributed by atoms with Crippen molar-refractivity contribution in [2.75, 3.05) is 11.9 Å². The van der Waals surface area contributed by atoms with Crippen LogP contribution in [0.3, 0.4) is 0 Å². The number of anilines is 1. The number of carbonyl (C=O) groups excluding carboxylic acids is 1. The Morgan fingerprint density at radius 2 is 2.04 bits per heavy atom. The first-order valence-electron chi connectivity index (χ1n) is 6.80. The zero-order valence-electron chi connectivity index (χ0n) is 12.5. The zero-order chi connectivity index (χ0) is 17.0. The van der Waals surface area contributed by atoms with Gasteiger partial charge in [-0.15, -0.1) is 0 Å². The Labute approximate surface area is 142 Å². The van der Waals surface area contributed by atoms with Crippen molar-refractivity contribution in [1.82, 2.24) is 9.78 Å². The van der Waals surface area contributed by atoms with Gasteiger partial charge in [0.15, 0.2) is 0 Å². The van der Waals surface area contributed by atoms with Gasteiger partial charge < -0.3 is 10.1 Å². The van der Waals surface area contributed by atoms with Gasteiger partial charge in [-0.1, -0.05) is 29.3 Å². The predicted molar refractivity (Wildman–Crippen MR) is 90.5 cm³/mol. The summed E-state index contributed by atoms with van der Waals surface area (Å²) in [7, 11) is 0. The minimum absolute atomic E-state index is 0.261. The predicted octanol–water partition coefficient (Wildman–Crippen LogP) is 3.27. The van der Waals surface area contributed by atoms with Gasteiger partial charge in [-0.25, -0.2) is 4.68 Å². The number of nitrogens with zero attached hydrogens (tertiary/aromatic N) is 1. The average molecular weight is 356 g/mol. The lowest BCUT2D eigenvalue weighted by molar-refractivity contribution is -0.112. The molecule has 0 radical (unpaired) electrons. The van der Waals surface area contributed by atoms with Crippen LogP contribution in [0.1, 0.15) is 12.5 Å². The number of rotatable bonds is 5. The molecule has 0 aliphatic rings. The van der Waals surface area contributed by atoms with Crippen molar-refractivity contribution in [3.8, 4) is 5.69 Å². The van der Waals surface area contributed by atoms with Crippen molar-refractivity contribution < 1.29 is 9.53 Å². The van der Waals surface area contributed by atoms with Crippen LogP contribution in [0.2, 0.25) is 10.0 Å². The van der Waals surface area contributed by atoms with E-state index in [-0.39, 0.29) is 11.4 Å². The van der Waals surface area contributed by atoms with Crippen LogP contribution < -0.4 is 10.9 Å². The van der Waals surface area contributed by atoms with Gasteiger partial charge in [-0.3, -0.25) is 14.7 Å². The van der Waals surface area contributed by atoms with Crippen molar-refractivity contribution in [2.24, 2.45) is 0 Å². The molecule has 0 saturated heterocycles. The van der Waals surface area contributed by atoms with Crippen LogP contribution in [0, 0.1) is 6.92 Å². The second-order valence-corrected chi connectivity index (χ2v) is 5.38. The lowest BCUT2D eigenvalue weighted by Gasteiger charge is -2.06. The third-order valence-electron chi connectivity index (χ3n) is 3.01. The molecule has 122 valence electrons. The summed E-state index contributed by atoms with van der Waals surface area (Å²) in [4.78, 5) is 24.1. The molecule has 2 N–H and O–H groups in total. The molecule has 6 nitrogen and oxygen atoms in total. The number of carbonyl (C=O) groups is 1. The number of halogens is 2.